The topological polar surface area (TPSA) is 92.3 Å². The lowest BCUT2D eigenvalue weighted by Crippen LogP contribution is -2.46. The second kappa shape index (κ2) is 7.15. The van der Waals surface area contributed by atoms with Crippen molar-refractivity contribution in [2.45, 2.75) is 31.2 Å². The molecule has 1 rings (SSSR count). The number of nitrogens with zero attached hydrogens (tertiary/aromatic N) is 3. The number of hydrogen-bond acceptors (Lipinski definition) is 5. The van der Waals surface area contributed by atoms with E-state index >= 15 is 0 Å². The molecule has 1 N–H and O–H groups in total. The summed E-state index contributed by atoms with van der Waals surface area (Å²) in [6.07, 6.45) is 2.60. The lowest BCUT2D eigenvalue weighted by atomic mass is 10.0. The third kappa shape index (κ3) is 5.22. The van der Waals surface area contributed by atoms with Crippen LogP contribution in [0.3, 0.4) is 0 Å². The van der Waals surface area contributed by atoms with E-state index in [2.05, 4.69) is 14.7 Å². The molecule has 0 bridgehead atoms. The van der Waals surface area contributed by atoms with Gasteiger partial charge < -0.3 is 4.90 Å². The van der Waals surface area contributed by atoms with Crippen molar-refractivity contribution < 1.29 is 13.2 Å². The third-order valence-electron chi connectivity index (χ3n) is 2.65. The van der Waals surface area contributed by atoms with Crippen LogP contribution in [0.25, 0.3) is 0 Å². The highest BCUT2D eigenvalue weighted by molar-refractivity contribution is 7.89. The van der Waals surface area contributed by atoms with Crippen molar-refractivity contribution in [1.29, 1.82) is 0 Å². The zero-order chi connectivity index (χ0) is 16.2. The number of hydrogen-bond donors (Lipinski definition) is 1. The van der Waals surface area contributed by atoms with Crippen molar-refractivity contribution >= 4 is 27.5 Å². The van der Waals surface area contributed by atoms with Gasteiger partial charge in [0.15, 0.2) is 0 Å². The van der Waals surface area contributed by atoms with Gasteiger partial charge >= 0.3 is 0 Å². The van der Waals surface area contributed by atoms with Crippen LogP contribution in [-0.4, -0.2) is 49.3 Å². The first-order valence-electron chi connectivity index (χ1n) is 6.34. The summed E-state index contributed by atoms with van der Waals surface area (Å²) in [6, 6.07) is -0.833. The molecule has 9 heteroatoms. The molecule has 1 aromatic heterocycles. The molecular formula is C12H19ClN4O3S. The highest BCUT2D eigenvalue weighted by Gasteiger charge is 2.27. The normalized spacial score (nSPS) is 13.2. The Balaban J connectivity index is 3.00. The zero-order valence-corrected chi connectivity index (χ0v) is 13.9. The predicted molar refractivity (Wildman–Crippen MR) is 79.3 cm³/mol. The fourth-order valence-corrected chi connectivity index (χ4v) is 2.87. The van der Waals surface area contributed by atoms with E-state index in [1.165, 1.54) is 4.90 Å². The number of likely N-dealkylation sites (N-methyl/N-ethyl adjacent to an activating group) is 1. The molecule has 1 heterocycles. The van der Waals surface area contributed by atoms with E-state index in [0.29, 0.717) is 6.42 Å². The summed E-state index contributed by atoms with van der Waals surface area (Å²) in [7, 11) is -0.724. The summed E-state index contributed by atoms with van der Waals surface area (Å²) in [4.78, 5) is 20.6. The Morgan fingerprint density at radius 2 is 1.86 bits per heavy atom. The molecule has 0 saturated carbocycles. The van der Waals surface area contributed by atoms with Crippen LogP contribution in [-0.2, 0) is 14.8 Å². The predicted octanol–water partition coefficient (Wildman–Crippen LogP) is 0.911. The first-order chi connectivity index (χ1) is 9.63. The molecule has 0 aliphatic heterocycles. The average Bonchev–Trinajstić information content (AvgIpc) is 2.36. The van der Waals surface area contributed by atoms with Crippen LogP contribution in [0, 0.1) is 5.92 Å². The van der Waals surface area contributed by atoms with Gasteiger partial charge in [0.1, 0.15) is 10.9 Å². The van der Waals surface area contributed by atoms with Gasteiger partial charge in [0.2, 0.25) is 21.2 Å². The van der Waals surface area contributed by atoms with Crippen LogP contribution < -0.4 is 4.72 Å². The van der Waals surface area contributed by atoms with Crippen LogP contribution in [0.5, 0.6) is 0 Å². The van der Waals surface area contributed by atoms with E-state index in [1.54, 1.807) is 14.1 Å². The summed E-state index contributed by atoms with van der Waals surface area (Å²) in [5.41, 5.74) is 0. The maximum absolute atomic E-state index is 12.3. The van der Waals surface area contributed by atoms with E-state index < -0.39 is 16.1 Å². The molecule has 118 valence electrons. The summed E-state index contributed by atoms with van der Waals surface area (Å²) in [5, 5.41) is -0.0444. The van der Waals surface area contributed by atoms with Crippen molar-refractivity contribution in [3.63, 3.8) is 0 Å². The number of carbonyl (C=O) groups is 1. The van der Waals surface area contributed by atoms with Gasteiger partial charge in [-0.3, -0.25) is 4.79 Å². The highest BCUT2D eigenvalue weighted by atomic mass is 35.5. The second-order valence-corrected chi connectivity index (χ2v) is 7.28. The maximum Gasteiger partial charge on any atom is 0.244 e. The Morgan fingerprint density at radius 1 is 1.33 bits per heavy atom. The van der Waals surface area contributed by atoms with Crippen LogP contribution >= 0.6 is 11.6 Å². The lowest BCUT2D eigenvalue weighted by molar-refractivity contribution is -0.130. The number of nitrogens with one attached hydrogen (secondary N) is 1. The summed E-state index contributed by atoms with van der Waals surface area (Å²) in [6.45, 7) is 3.82. The van der Waals surface area contributed by atoms with Gasteiger partial charge in [-0.2, -0.15) is 4.72 Å². The fourth-order valence-electron chi connectivity index (χ4n) is 1.68. The standard InChI is InChI=1S/C12H19ClN4O3S/c1-8(2)5-10(11(18)17(3)4)16-21(19,20)9-6-14-12(13)15-7-9/h6-8,10,16H,5H2,1-4H3. The maximum atomic E-state index is 12.3. The minimum Gasteiger partial charge on any atom is -0.347 e. The number of halogens is 1. The number of amides is 1. The first-order valence-corrected chi connectivity index (χ1v) is 8.20. The Labute approximate surface area is 129 Å². The van der Waals surface area contributed by atoms with Gasteiger partial charge in [0, 0.05) is 14.1 Å². The van der Waals surface area contributed by atoms with Crippen molar-refractivity contribution in [2.75, 3.05) is 14.1 Å². The van der Waals surface area contributed by atoms with Crippen molar-refractivity contribution in [3.8, 4) is 0 Å². The Morgan fingerprint density at radius 3 is 2.29 bits per heavy atom. The molecule has 0 fully saturated rings. The number of aromatic nitrogens is 2. The highest BCUT2D eigenvalue weighted by Crippen LogP contribution is 2.13. The molecule has 1 unspecified atom stereocenters. The fraction of sp³-hybridized carbons (Fsp3) is 0.583. The number of sulfonamides is 1. The van der Waals surface area contributed by atoms with Crippen LogP contribution in [0.4, 0.5) is 0 Å². The molecule has 0 radical (unpaired) electrons. The van der Waals surface area contributed by atoms with Crippen LogP contribution in [0.1, 0.15) is 20.3 Å². The molecule has 0 saturated heterocycles. The van der Waals surface area contributed by atoms with Gasteiger partial charge in [-0.25, -0.2) is 18.4 Å². The van der Waals surface area contributed by atoms with Gasteiger partial charge in [0.05, 0.1) is 12.4 Å². The molecule has 0 aromatic carbocycles. The van der Waals surface area contributed by atoms with E-state index in [1.807, 2.05) is 13.8 Å². The van der Waals surface area contributed by atoms with E-state index in [0.717, 1.165) is 12.4 Å². The molecule has 0 spiro atoms. The monoisotopic (exact) mass is 334 g/mol. The Hall–Kier alpha value is -1.25. The summed E-state index contributed by atoms with van der Waals surface area (Å²) in [5.74, 6) is -0.148. The van der Waals surface area contributed by atoms with E-state index in [-0.39, 0.29) is 22.0 Å². The molecule has 21 heavy (non-hydrogen) atoms. The lowest BCUT2D eigenvalue weighted by Gasteiger charge is -2.22. The van der Waals surface area contributed by atoms with Crippen molar-refractivity contribution in [3.05, 3.63) is 17.7 Å². The van der Waals surface area contributed by atoms with Crippen molar-refractivity contribution in [2.24, 2.45) is 5.92 Å². The van der Waals surface area contributed by atoms with Crippen LogP contribution in [0.2, 0.25) is 5.28 Å². The molecule has 1 aromatic rings. The third-order valence-corrected chi connectivity index (χ3v) is 4.27. The SMILES string of the molecule is CC(C)CC(NS(=O)(=O)c1cnc(Cl)nc1)C(=O)N(C)C. The molecule has 1 amide bonds. The number of carbonyl (C=O) groups excluding carboxylic acids is 1. The summed E-state index contributed by atoms with van der Waals surface area (Å²) < 4.78 is 26.9. The van der Waals surface area contributed by atoms with Gasteiger partial charge in [-0.15, -0.1) is 0 Å². The molecule has 0 aliphatic carbocycles. The molecule has 7 nitrogen and oxygen atoms in total. The van der Waals surface area contributed by atoms with Crippen LogP contribution in [0.15, 0.2) is 17.3 Å². The van der Waals surface area contributed by atoms with Gasteiger partial charge in [-0.1, -0.05) is 13.8 Å². The Bertz CT molecular complexity index is 587. The van der Waals surface area contributed by atoms with E-state index in [4.69, 9.17) is 11.6 Å². The van der Waals surface area contributed by atoms with Crippen molar-refractivity contribution in [1.82, 2.24) is 19.6 Å². The molecule has 0 aliphatic rings. The Kier molecular flexibility index (Phi) is 6.06. The zero-order valence-electron chi connectivity index (χ0n) is 12.4. The summed E-state index contributed by atoms with van der Waals surface area (Å²) >= 11 is 5.53. The molecular weight excluding hydrogens is 316 g/mol. The quantitative estimate of drug-likeness (QED) is 0.781. The minimum atomic E-state index is -3.88. The smallest absolute Gasteiger partial charge is 0.244 e. The average molecular weight is 335 g/mol. The molecule has 1 atom stereocenters. The first kappa shape index (κ1) is 17.8. The second-order valence-electron chi connectivity index (χ2n) is 5.22. The van der Waals surface area contributed by atoms with Gasteiger partial charge in [0.25, 0.3) is 0 Å². The van der Waals surface area contributed by atoms with Gasteiger partial charge in [-0.05, 0) is 23.9 Å². The largest absolute Gasteiger partial charge is 0.347 e. The number of rotatable bonds is 6. The minimum absolute atomic E-state index is 0.0444. The van der Waals surface area contributed by atoms with E-state index in [9.17, 15) is 13.2 Å².